The first-order chi connectivity index (χ1) is 7.86. The number of aromatic amines is 1. The summed E-state index contributed by atoms with van der Waals surface area (Å²) < 4.78 is 0. The fourth-order valence-electron chi connectivity index (χ4n) is 2.06. The maximum absolute atomic E-state index is 11.8. The van der Waals surface area contributed by atoms with E-state index in [1.165, 1.54) is 0 Å². The SMILES string of the molecule is O=C1NCCc2[nH]cc(-c3cccnc3)c21. The number of pyridine rings is 1. The molecular formula is C12H11N3O. The summed E-state index contributed by atoms with van der Waals surface area (Å²) in [5, 5.41) is 2.86. The van der Waals surface area contributed by atoms with Gasteiger partial charge in [0.05, 0.1) is 5.56 Å². The van der Waals surface area contributed by atoms with E-state index >= 15 is 0 Å². The van der Waals surface area contributed by atoms with Crippen molar-refractivity contribution in [2.45, 2.75) is 6.42 Å². The minimum Gasteiger partial charge on any atom is -0.364 e. The summed E-state index contributed by atoms with van der Waals surface area (Å²) in [4.78, 5) is 19.0. The van der Waals surface area contributed by atoms with Crippen LogP contribution in [0.15, 0.2) is 30.7 Å². The molecule has 2 aromatic heterocycles. The third kappa shape index (κ3) is 1.31. The quantitative estimate of drug-likeness (QED) is 0.751. The summed E-state index contributed by atoms with van der Waals surface area (Å²) in [6.07, 6.45) is 6.24. The molecule has 0 spiro atoms. The zero-order valence-corrected chi connectivity index (χ0v) is 8.66. The Kier molecular flexibility index (Phi) is 1.99. The summed E-state index contributed by atoms with van der Waals surface area (Å²) in [6.45, 7) is 0.707. The van der Waals surface area contributed by atoms with Crippen LogP contribution >= 0.6 is 0 Å². The number of rotatable bonds is 1. The Hall–Kier alpha value is -2.10. The number of fused-ring (bicyclic) bond motifs is 1. The number of nitrogens with one attached hydrogen (secondary N) is 2. The summed E-state index contributed by atoms with van der Waals surface area (Å²) >= 11 is 0. The third-order valence-electron chi connectivity index (χ3n) is 2.82. The second kappa shape index (κ2) is 3.48. The monoisotopic (exact) mass is 213 g/mol. The Labute approximate surface area is 92.7 Å². The van der Waals surface area contributed by atoms with Gasteiger partial charge in [-0.15, -0.1) is 0 Å². The van der Waals surface area contributed by atoms with E-state index < -0.39 is 0 Å². The van der Waals surface area contributed by atoms with Crippen LogP contribution in [0.3, 0.4) is 0 Å². The number of carbonyl (C=O) groups is 1. The molecular weight excluding hydrogens is 202 g/mol. The first kappa shape index (κ1) is 9.15. The lowest BCUT2D eigenvalue weighted by atomic mass is 10.0. The number of hydrogen-bond donors (Lipinski definition) is 2. The van der Waals surface area contributed by atoms with Crippen LogP contribution < -0.4 is 5.32 Å². The summed E-state index contributed by atoms with van der Waals surface area (Å²) in [6, 6.07) is 3.83. The van der Waals surface area contributed by atoms with Gasteiger partial charge in [0.1, 0.15) is 0 Å². The first-order valence-corrected chi connectivity index (χ1v) is 5.25. The van der Waals surface area contributed by atoms with E-state index in [1.807, 2.05) is 18.3 Å². The standard InChI is InChI=1S/C12H11N3O/c16-12-11-9(8-2-1-4-13-6-8)7-15-10(11)3-5-14-12/h1-2,4,6-7,15H,3,5H2,(H,14,16). The normalized spacial score (nSPS) is 14.4. The van der Waals surface area contributed by atoms with Crippen molar-refractivity contribution in [2.75, 3.05) is 6.54 Å². The smallest absolute Gasteiger partial charge is 0.253 e. The summed E-state index contributed by atoms with van der Waals surface area (Å²) in [5.74, 6) is 0.00125. The Morgan fingerprint density at radius 3 is 3.12 bits per heavy atom. The molecule has 2 N–H and O–H groups in total. The van der Waals surface area contributed by atoms with E-state index in [9.17, 15) is 4.79 Å². The molecule has 4 nitrogen and oxygen atoms in total. The van der Waals surface area contributed by atoms with Gasteiger partial charge in [-0.25, -0.2) is 0 Å². The predicted octanol–water partition coefficient (Wildman–Crippen LogP) is 1.36. The molecule has 1 aliphatic heterocycles. The van der Waals surface area contributed by atoms with Crippen LogP contribution in [0, 0.1) is 0 Å². The molecule has 4 heteroatoms. The van der Waals surface area contributed by atoms with Gasteiger partial charge < -0.3 is 10.3 Å². The molecule has 0 saturated carbocycles. The predicted molar refractivity (Wildman–Crippen MR) is 60.1 cm³/mol. The van der Waals surface area contributed by atoms with Gasteiger partial charge in [-0.2, -0.15) is 0 Å². The van der Waals surface area contributed by atoms with E-state index in [-0.39, 0.29) is 5.91 Å². The Balaban J connectivity index is 2.16. The van der Waals surface area contributed by atoms with Crippen LogP contribution in [0.25, 0.3) is 11.1 Å². The molecule has 0 atom stereocenters. The molecule has 0 aliphatic carbocycles. The van der Waals surface area contributed by atoms with Crippen molar-refractivity contribution in [1.82, 2.24) is 15.3 Å². The Morgan fingerprint density at radius 2 is 2.31 bits per heavy atom. The van der Waals surface area contributed by atoms with Crippen LogP contribution in [0.4, 0.5) is 0 Å². The molecule has 16 heavy (non-hydrogen) atoms. The summed E-state index contributed by atoms with van der Waals surface area (Å²) in [5.41, 5.74) is 3.68. The minimum atomic E-state index is 0.00125. The highest BCUT2D eigenvalue weighted by molar-refractivity contribution is 6.02. The number of hydrogen-bond acceptors (Lipinski definition) is 2. The van der Waals surface area contributed by atoms with E-state index in [0.717, 1.165) is 28.8 Å². The second-order valence-electron chi connectivity index (χ2n) is 3.80. The lowest BCUT2D eigenvalue weighted by Gasteiger charge is -2.13. The van der Waals surface area contributed by atoms with E-state index in [0.29, 0.717) is 6.54 Å². The number of amides is 1. The molecule has 0 fully saturated rings. The molecule has 0 saturated heterocycles. The topological polar surface area (TPSA) is 57.8 Å². The van der Waals surface area contributed by atoms with E-state index in [2.05, 4.69) is 15.3 Å². The highest BCUT2D eigenvalue weighted by Crippen LogP contribution is 2.27. The number of nitrogens with zero attached hydrogens (tertiary/aromatic N) is 1. The average Bonchev–Trinajstić information content (AvgIpc) is 2.75. The van der Waals surface area contributed by atoms with Crippen LogP contribution in [0.5, 0.6) is 0 Å². The maximum atomic E-state index is 11.8. The van der Waals surface area contributed by atoms with Crippen LogP contribution in [0.2, 0.25) is 0 Å². The van der Waals surface area contributed by atoms with Gasteiger partial charge in [-0.3, -0.25) is 9.78 Å². The van der Waals surface area contributed by atoms with Gasteiger partial charge in [0.15, 0.2) is 0 Å². The highest BCUT2D eigenvalue weighted by Gasteiger charge is 2.22. The fourth-order valence-corrected chi connectivity index (χ4v) is 2.06. The van der Waals surface area contributed by atoms with Crippen molar-refractivity contribution < 1.29 is 4.79 Å². The Morgan fingerprint density at radius 1 is 1.38 bits per heavy atom. The number of carbonyl (C=O) groups excluding carboxylic acids is 1. The van der Waals surface area contributed by atoms with Gasteiger partial charge in [-0.05, 0) is 6.07 Å². The van der Waals surface area contributed by atoms with Crippen molar-refractivity contribution in [3.05, 3.63) is 42.0 Å². The second-order valence-corrected chi connectivity index (χ2v) is 3.80. The van der Waals surface area contributed by atoms with Gasteiger partial charge in [0, 0.05) is 48.4 Å². The van der Waals surface area contributed by atoms with Crippen LogP contribution in [0.1, 0.15) is 16.1 Å². The third-order valence-corrected chi connectivity index (χ3v) is 2.82. The molecule has 0 radical (unpaired) electrons. The molecule has 3 rings (SSSR count). The molecule has 0 aromatic carbocycles. The lowest BCUT2D eigenvalue weighted by Crippen LogP contribution is -2.31. The molecule has 0 bridgehead atoms. The van der Waals surface area contributed by atoms with Gasteiger partial charge in [-0.1, -0.05) is 6.07 Å². The molecule has 80 valence electrons. The molecule has 0 unspecified atom stereocenters. The largest absolute Gasteiger partial charge is 0.364 e. The molecule has 1 aliphatic rings. The number of aromatic nitrogens is 2. The van der Waals surface area contributed by atoms with Gasteiger partial charge >= 0.3 is 0 Å². The van der Waals surface area contributed by atoms with Crippen LogP contribution in [-0.2, 0) is 6.42 Å². The van der Waals surface area contributed by atoms with Crippen LogP contribution in [-0.4, -0.2) is 22.4 Å². The fraction of sp³-hybridized carbons (Fsp3) is 0.167. The first-order valence-electron chi connectivity index (χ1n) is 5.25. The molecule has 3 heterocycles. The van der Waals surface area contributed by atoms with Crippen molar-refractivity contribution >= 4 is 5.91 Å². The van der Waals surface area contributed by atoms with Gasteiger partial charge in [0.25, 0.3) is 5.91 Å². The summed E-state index contributed by atoms with van der Waals surface area (Å²) in [7, 11) is 0. The van der Waals surface area contributed by atoms with E-state index in [1.54, 1.807) is 12.4 Å². The van der Waals surface area contributed by atoms with Crippen molar-refractivity contribution in [2.24, 2.45) is 0 Å². The average molecular weight is 213 g/mol. The zero-order valence-electron chi connectivity index (χ0n) is 8.66. The van der Waals surface area contributed by atoms with Crippen molar-refractivity contribution in [3.63, 3.8) is 0 Å². The number of H-pyrrole nitrogens is 1. The van der Waals surface area contributed by atoms with Crippen molar-refractivity contribution in [1.29, 1.82) is 0 Å². The minimum absolute atomic E-state index is 0.00125. The molecule has 1 amide bonds. The maximum Gasteiger partial charge on any atom is 0.253 e. The zero-order chi connectivity index (χ0) is 11.0. The Bertz CT molecular complexity index is 530. The molecule has 2 aromatic rings. The highest BCUT2D eigenvalue weighted by atomic mass is 16.1. The lowest BCUT2D eigenvalue weighted by molar-refractivity contribution is 0.0946. The van der Waals surface area contributed by atoms with Crippen molar-refractivity contribution in [3.8, 4) is 11.1 Å². The van der Waals surface area contributed by atoms with E-state index in [4.69, 9.17) is 0 Å². The van der Waals surface area contributed by atoms with Gasteiger partial charge in [0.2, 0.25) is 0 Å².